The monoisotopic (exact) mass is 133 g/mol. The lowest BCUT2D eigenvalue weighted by Gasteiger charge is -1.95. The number of nitrogens with one attached hydrogen (secondary N) is 1. The smallest absolute Gasteiger partial charge is 0.0561 e. The van der Waals surface area contributed by atoms with Gasteiger partial charge in [-0.15, -0.1) is 0 Å². The van der Waals surface area contributed by atoms with Crippen molar-refractivity contribution in [2.24, 2.45) is 5.10 Å². The van der Waals surface area contributed by atoms with Crippen LogP contribution < -0.4 is 5.43 Å². The SMILES string of the molecule is [CH2]C=NNc1ccccc1. The molecular weight excluding hydrogens is 124 g/mol. The third-order valence-corrected chi connectivity index (χ3v) is 1.06. The summed E-state index contributed by atoms with van der Waals surface area (Å²) in [6.45, 7) is 3.45. The second-order valence-corrected chi connectivity index (χ2v) is 1.79. The number of hydrogen-bond acceptors (Lipinski definition) is 2. The fourth-order valence-electron chi connectivity index (χ4n) is 0.633. The number of nitrogens with zero attached hydrogens (tertiary/aromatic N) is 1. The summed E-state index contributed by atoms with van der Waals surface area (Å²) in [5, 5.41) is 3.76. The van der Waals surface area contributed by atoms with E-state index in [1.165, 1.54) is 6.21 Å². The molecule has 0 aliphatic rings. The molecule has 0 bridgehead atoms. The predicted octanol–water partition coefficient (Wildman–Crippen LogP) is 1.92. The highest BCUT2D eigenvalue weighted by molar-refractivity contribution is 5.63. The molecule has 10 heavy (non-hydrogen) atoms. The van der Waals surface area contributed by atoms with E-state index in [1.807, 2.05) is 30.3 Å². The first-order chi connectivity index (χ1) is 4.93. The van der Waals surface area contributed by atoms with Crippen LogP contribution in [0.5, 0.6) is 0 Å². The van der Waals surface area contributed by atoms with Crippen LogP contribution in [-0.4, -0.2) is 6.21 Å². The zero-order chi connectivity index (χ0) is 7.23. The Hall–Kier alpha value is -1.31. The molecule has 0 saturated carbocycles. The molecule has 2 heteroatoms. The van der Waals surface area contributed by atoms with Gasteiger partial charge in [-0.1, -0.05) is 18.2 Å². The topological polar surface area (TPSA) is 24.4 Å². The van der Waals surface area contributed by atoms with Crippen LogP contribution in [0.15, 0.2) is 35.4 Å². The van der Waals surface area contributed by atoms with Crippen molar-refractivity contribution in [3.05, 3.63) is 37.3 Å². The molecule has 51 valence electrons. The summed E-state index contributed by atoms with van der Waals surface area (Å²) in [5.74, 6) is 0. The van der Waals surface area contributed by atoms with Crippen molar-refractivity contribution in [2.75, 3.05) is 5.43 Å². The van der Waals surface area contributed by atoms with Crippen molar-refractivity contribution in [3.63, 3.8) is 0 Å². The lowest BCUT2D eigenvalue weighted by Crippen LogP contribution is -1.85. The Morgan fingerprint density at radius 3 is 2.60 bits per heavy atom. The van der Waals surface area contributed by atoms with Crippen molar-refractivity contribution in [3.8, 4) is 0 Å². The molecule has 0 unspecified atom stereocenters. The Morgan fingerprint density at radius 1 is 1.30 bits per heavy atom. The van der Waals surface area contributed by atoms with E-state index in [2.05, 4.69) is 17.5 Å². The fraction of sp³-hybridized carbons (Fsp3) is 0. The van der Waals surface area contributed by atoms with Crippen molar-refractivity contribution < 1.29 is 0 Å². The molecular formula is C8H9N2. The molecule has 1 aromatic rings. The number of para-hydroxylation sites is 1. The van der Waals surface area contributed by atoms with Gasteiger partial charge in [0.05, 0.1) is 5.69 Å². The van der Waals surface area contributed by atoms with Crippen LogP contribution in [0.3, 0.4) is 0 Å². The summed E-state index contributed by atoms with van der Waals surface area (Å²) in [5.41, 5.74) is 3.78. The quantitative estimate of drug-likeness (QED) is 0.483. The van der Waals surface area contributed by atoms with E-state index in [-0.39, 0.29) is 0 Å². The second-order valence-electron chi connectivity index (χ2n) is 1.79. The number of benzene rings is 1. The average molecular weight is 133 g/mol. The number of hydrazone groups is 1. The lowest BCUT2D eigenvalue weighted by molar-refractivity contribution is 1.36. The van der Waals surface area contributed by atoms with Crippen LogP contribution in [-0.2, 0) is 0 Å². The van der Waals surface area contributed by atoms with E-state index in [9.17, 15) is 0 Å². The molecule has 1 aromatic carbocycles. The van der Waals surface area contributed by atoms with Gasteiger partial charge in [0.25, 0.3) is 0 Å². The van der Waals surface area contributed by atoms with E-state index in [4.69, 9.17) is 0 Å². The fourth-order valence-corrected chi connectivity index (χ4v) is 0.633. The molecule has 0 aliphatic heterocycles. The summed E-state index contributed by atoms with van der Waals surface area (Å²) < 4.78 is 0. The molecule has 1 radical (unpaired) electrons. The molecule has 0 spiro atoms. The minimum Gasteiger partial charge on any atom is -0.279 e. The zero-order valence-corrected chi connectivity index (χ0v) is 5.62. The summed E-state index contributed by atoms with van der Waals surface area (Å²) in [6.07, 6.45) is 1.47. The van der Waals surface area contributed by atoms with Gasteiger partial charge in [0, 0.05) is 6.21 Å². The Balaban J connectivity index is 2.59. The number of rotatable bonds is 2. The highest BCUT2D eigenvalue weighted by Crippen LogP contribution is 2.03. The molecule has 0 aromatic heterocycles. The highest BCUT2D eigenvalue weighted by atomic mass is 15.3. The first-order valence-electron chi connectivity index (χ1n) is 3.05. The van der Waals surface area contributed by atoms with Crippen molar-refractivity contribution in [2.45, 2.75) is 0 Å². The summed E-state index contributed by atoms with van der Waals surface area (Å²) in [4.78, 5) is 0. The van der Waals surface area contributed by atoms with Gasteiger partial charge in [0.15, 0.2) is 0 Å². The van der Waals surface area contributed by atoms with Gasteiger partial charge in [0.1, 0.15) is 0 Å². The largest absolute Gasteiger partial charge is 0.279 e. The summed E-state index contributed by atoms with van der Waals surface area (Å²) in [7, 11) is 0. The van der Waals surface area contributed by atoms with Crippen molar-refractivity contribution in [1.29, 1.82) is 0 Å². The Labute approximate surface area is 60.6 Å². The molecule has 1 N–H and O–H groups in total. The van der Waals surface area contributed by atoms with Crippen LogP contribution in [0, 0.1) is 6.92 Å². The first-order valence-corrected chi connectivity index (χ1v) is 3.05. The van der Waals surface area contributed by atoms with Gasteiger partial charge < -0.3 is 0 Å². The van der Waals surface area contributed by atoms with Gasteiger partial charge >= 0.3 is 0 Å². The standard InChI is InChI=1S/C8H9N2/c1-2-9-10-8-6-4-3-5-7-8/h2-7,10H,1H2. The van der Waals surface area contributed by atoms with Crippen LogP contribution in [0.1, 0.15) is 0 Å². The molecule has 0 fully saturated rings. The minimum absolute atomic E-state index is 0.974. The van der Waals surface area contributed by atoms with Gasteiger partial charge in [-0.25, -0.2) is 0 Å². The Kier molecular flexibility index (Phi) is 2.49. The molecule has 2 nitrogen and oxygen atoms in total. The maximum Gasteiger partial charge on any atom is 0.0561 e. The Morgan fingerprint density at radius 2 is 2.00 bits per heavy atom. The van der Waals surface area contributed by atoms with E-state index in [1.54, 1.807) is 0 Å². The molecule has 0 amide bonds. The predicted molar refractivity (Wildman–Crippen MR) is 43.9 cm³/mol. The number of hydrogen-bond donors (Lipinski definition) is 1. The van der Waals surface area contributed by atoms with E-state index in [0.717, 1.165) is 5.69 Å². The Bertz CT molecular complexity index is 204. The van der Waals surface area contributed by atoms with Gasteiger partial charge in [0.2, 0.25) is 0 Å². The average Bonchev–Trinajstić information content (AvgIpc) is 2.03. The summed E-state index contributed by atoms with van der Waals surface area (Å²) in [6, 6.07) is 9.72. The lowest BCUT2D eigenvalue weighted by atomic mass is 10.3. The summed E-state index contributed by atoms with van der Waals surface area (Å²) >= 11 is 0. The van der Waals surface area contributed by atoms with E-state index < -0.39 is 0 Å². The minimum atomic E-state index is 0.974. The van der Waals surface area contributed by atoms with Crippen molar-refractivity contribution >= 4 is 11.9 Å². The van der Waals surface area contributed by atoms with Gasteiger partial charge in [-0.2, -0.15) is 5.10 Å². The van der Waals surface area contributed by atoms with Crippen molar-refractivity contribution in [1.82, 2.24) is 0 Å². The third kappa shape index (κ3) is 1.90. The zero-order valence-electron chi connectivity index (χ0n) is 5.62. The molecule has 0 atom stereocenters. The van der Waals surface area contributed by atoms with Crippen LogP contribution in [0.25, 0.3) is 0 Å². The second kappa shape index (κ2) is 3.67. The molecule has 0 aliphatic carbocycles. The number of anilines is 1. The normalized spacial score (nSPS) is 10.1. The van der Waals surface area contributed by atoms with Gasteiger partial charge in [-0.3, -0.25) is 5.43 Å². The maximum absolute atomic E-state index is 3.76. The molecule has 0 heterocycles. The van der Waals surface area contributed by atoms with E-state index in [0.29, 0.717) is 0 Å². The maximum atomic E-state index is 3.76. The molecule has 0 saturated heterocycles. The van der Waals surface area contributed by atoms with Gasteiger partial charge in [-0.05, 0) is 19.1 Å². The third-order valence-electron chi connectivity index (χ3n) is 1.06. The van der Waals surface area contributed by atoms with Crippen LogP contribution >= 0.6 is 0 Å². The molecule has 1 rings (SSSR count). The van der Waals surface area contributed by atoms with Crippen LogP contribution in [0.2, 0.25) is 0 Å². The van der Waals surface area contributed by atoms with E-state index >= 15 is 0 Å². The first kappa shape index (κ1) is 6.81. The van der Waals surface area contributed by atoms with Crippen LogP contribution in [0.4, 0.5) is 5.69 Å². The highest BCUT2D eigenvalue weighted by Gasteiger charge is 1.81.